The van der Waals surface area contributed by atoms with Crippen LogP contribution in [0.5, 0.6) is 5.88 Å². The number of H-pyrrole nitrogens is 1. The first kappa shape index (κ1) is 22.9. The van der Waals surface area contributed by atoms with Crippen molar-refractivity contribution in [3.8, 4) is 5.88 Å². The number of nitrogens with one attached hydrogen (secondary N) is 1. The van der Waals surface area contributed by atoms with Crippen molar-refractivity contribution in [2.75, 3.05) is 24.5 Å². The average Bonchev–Trinajstić information content (AvgIpc) is 3.28. The van der Waals surface area contributed by atoms with E-state index in [-0.39, 0.29) is 24.5 Å². The van der Waals surface area contributed by atoms with E-state index in [9.17, 15) is 9.59 Å². The smallest absolute Gasteiger partial charge is 0.258 e. The number of halogens is 1. The number of para-hydroxylation sites is 1. The van der Waals surface area contributed by atoms with Gasteiger partial charge in [-0.25, -0.2) is 4.98 Å². The van der Waals surface area contributed by atoms with Gasteiger partial charge in [0.25, 0.3) is 5.91 Å². The Morgan fingerprint density at radius 3 is 2.57 bits per heavy atom. The summed E-state index contributed by atoms with van der Waals surface area (Å²) in [6.45, 7) is 1.10. The van der Waals surface area contributed by atoms with Crippen LogP contribution >= 0.6 is 11.6 Å². The van der Waals surface area contributed by atoms with Crippen LogP contribution in [0, 0.1) is 0 Å². The number of hydrogen-bond donors (Lipinski definition) is 1. The molecule has 2 aromatic carbocycles. The van der Waals surface area contributed by atoms with Crippen molar-refractivity contribution in [3.05, 3.63) is 89.7 Å². The molecule has 5 rings (SSSR count). The Morgan fingerprint density at radius 2 is 1.83 bits per heavy atom. The fourth-order valence-electron chi connectivity index (χ4n) is 4.31. The van der Waals surface area contributed by atoms with Gasteiger partial charge in [0.1, 0.15) is 12.6 Å². The predicted octanol–water partition coefficient (Wildman–Crippen LogP) is 4.93. The van der Waals surface area contributed by atoms with Gasteiger partial charge in [0.2, 0.25) is 11.8 Å². The molecule has 0 saturated carbocycles. The normalized spacial score (nSPS) is 14.1. The van der Waals surface area contributed by atoms with Crippen molar-refractivity contribution in [2.24, 2.45) is 0 Å². The van der Waals surface area contributed by atoms with Gasteiger partial charge >= 0.3 is 0 Å². The van der Waals surface area contributed by atoms with Crippen LogP contribution in [0.4, 0.5) is 5.69 Å². The number of anilines is 1. The number of benzene rings is 2. The topological polar surface area (TPSA) is 78.5 Å². The highest BCUT2D eigenvalue weighted by Crippen LogP contribution is 2.26. The number of aromatic amines is 1. The zero-order chi connectivity index (χ0) is 24.2. The van der Waals surface area contributed by atoms with Gasteiger partial charge in [0.15, 0.2) is 0 Å². The van der Waals surface area contributed by atoms with Crippen molar-refractivity contribution < 1.29 is 14.3 Å². The highest BCUT2D eigenvalue weighted by molar-refractivity contribution is 6.35. The lowest BCUT2D eigenvalue weighted by molar-refractivity contribution is -0.131. The van der Waals surface area contributed by atoms with E-state index in [2.05, 4.69) is 9.97 Å². The van der Waals surface area contributed by atoms with E-state index in [1.54, 1.807) is 29.4 Å². The molecule has 1 N–H and O–H groups in total. The summed E-state index contributed by atoms with van der Waals surface area (Å²) in [5, 5.41) is 1.45. The molecule has 2 aromatic heterocycles. The number of ether oxygens (including phenoxy) is 1. The van der Waals surface area contributed by atoms with E-state index in [0.29, 0.717) is 48.1 Å². The molecule has 7 nitrogen and oxygen atoms in total. The number of carbonyl (C=O) groups excluding carboxylic acids is 2. The van der Waals surface area contributed by atoms with Crippen molar-refractivity contribution >= 4 is 40.0 Å². The van der Waals surface area contributed by atoms with Crippen LogP contribution in [0.15, 0.2) is 79.1 Å². The van der Waals surface area contributed by atoms with Gasteiger partial charge in [-0.2, -0.15) is 0 Å². The van der Waals surface area contributed by atoms with Gasteiger partial charge in [-0.3, -0.25) is 14.5 Å². The summed E-state index contributed by atoms with van der Waals surface area (Å²) in [4.78, 5) is 37.4. The van der Waals surface area contributed by atoms with E-state index in [1.807, 2.05) is 54.6 Å². The Morgan fingerprint density at radius 1 is 1.06 bits per heavy atom. The average molecular weight is 489 g/mol. The lowest BCUT2D eigenvalue weighted by Gasteiger charge is -2.33. The summed E-state index contributed by atoms with van der Waals surface area (Å²) >= 11 is 6.18. The molecular formula is C27H25ClN4O3. The van der Waals surface area contributed by atoms with E-state index < -0.39 is 0 Å². The standard InChI is InChI=1S/C27H25ClN4O3/c28-23-17-30-24-16-19(9-10-22(23)24)27(34)32(20-6-2-1-3-7-20)18-26(33)31-14-11-21(12-15-31)35-25-8-4-5-13-29-25/h1-10,13,16-17,21,30H,11-12,14-15,18H2. The summed E-state index contributed by atoms with van der Waals surface area (Å²) in [5.74, 6) is 0.256. The third-order valence-electron chi connectivity index (χ3n) is 6.20. The number of aromatic nitrogens is 2. The minimum Gasteiger partial charge on any atom is -0.474 e. The molecule has 0 aliphatic carbocycles. The summed E-state index contributed by atoms with van der Waals surface area (Å²) in [6, 6.07) is 20.2. The van der Waals surface area contributed by atoms with Crippen LogP contribution < -0.4 is 9.64 Å². The minimum atomic E-state index is -0.245. The number of likely N-dealkylation sites (tertiary alicyclic amines) is 1. The second-order valence-electron chi connectivity index (χ2n) is 8.49. The molecular weight excluding hydrogens is 464 g/mol. The van der Waals surface area contributed by atoms with Crippen molar-refractivity contribution in [1.29, 1.82) is 0 Å². The van der Waals surface area contributed by atoms with Gasteiger partial charge in [-0.15, -0.1) is 0 Å². The SMILES string of the molecule is O=C(CN(C(=O)c1ccc2c(Cl)c[nH]c2c1)c1ccccc1)N1CCC(Oc2ccccn2)CC1. The first-order valence-electron chi connectivity index (χ1n) is 11.6. The van der Waals surface area contributed by atoms with Crippen LogP contribution in [-0.4, -0.2) is 52.4 Å². The molecule has 1 saturated heterocycles. The van der Waals surface area contributed by atoms with Crippen molar-refractivity contribution in [3.63, 3.8) is 0 Å². The molecule has 35 heavy (non-hydrogen) atoms. The predicted molar refractivity (Wildman–Crippen MR) is 136 cm³/mol. The fourth-order valence-corrected chi connectivity index (χ4v) is 4.53. The van der Waals surface area contributed by atoms with Gasteiger partial charge < -0.3 is 14.6 Å². The van der Waals surface area contributed by atoms with Crippen LogP contribution in [-0.2, 0) is 4.79 Å². The highest BCUT2D eigenvalue weighted by atomic mass is 35.5. The lowest BCUT2D eigenvalue weighted by atomic mass is 10.1. The number of rotatable bonds is 6. The molecule has 178 valence electrons. The molecule has 0 bridgehead atoms. The molecule has 0 spiro atoms. The van der Waals surface area contributed by atoms with Crippen molar-refractivity contribution in [1.82, 2.24) is 14.9 Å². The van der Waals surface area contributed by atoms with Crippen molar-refractivity contribution in [2.45, 2.75) is 18.9 Å². The van der Waals surface area contributed by atoms with Crippen LogP contribution in [0.3, 0.4) is 0 Å². The maximum Gasteiger partial charge on any atom is 0.258 e. The Bertz CT molecular complexity index is 1320. The Balaban J connectivity index is 1.29. The third kappa shape index (κ3) is 5.15. The second-order valence-corrected chi connectivity index (χ2v) is 8.90. The monoisotopic (exact) mass is 488 g/mol. The second kappa shape index (κ2) is 10.2. The molecule has 1 aliphatic rings. The van der Waals surface area contributed by atoms with Gasteiger partial charge in [-0.05, 0) is 30.3 Å². The van der Waals surface area contributed by atoms with E-state index in [1.165, 1.54) is 4.90 Å². The molecule has 1 aliphatic heterocycles. The summed E-state index contributed by atoms with van der Waals surface area (Å²) < 4.78 is 5.94. The number of fused-ring (bicyclic) bond motifs is 1. The number of hydrogen-bond acceptors (Lipinski definition) is 4. The number of amides is 2. The number of nitrogens with zero attached hydrogens (tertiary/aromatic N) is 3. The molecule has 8 heteroatoms. The molecule has 3 heterocycles. The Labute approximate surface area is 208 Å². The van der Waals surface area contributed by atoms with Gasteiger partial charge in [0.05, 0.1) is 5.02 Å². The summed E-state index contributed by atoms with van der Waals surface area (Å²) in [6.07, 6.45) is 4.84. The van der Waals surface area contributed by atoms with Gasteiger partial charge in [-0.1, -0.05) is 41.9 Å². The molecule has 0 unspecified atom stereocenters. The van der Waals surface area contributed by atoms with Gasteiger partial charge in [0, 0.05) is 66.5 Å². The zero-order valence-electron chi connectivity index (χ0n) is 19.1. The molecule has 0 radical (unpaired) electrons. The van der Waals surface area contributed by atoms with Crippen LogP contribution in [0.25, 0.3) is 10.9 Å². The molecule has 4 aromatic rings. The number of pyridine rings is 1. The maximum atomic E-state index is 13.6. The molecule has 1 fully saturated rings. The van der Waals surface area contributed by atoms with E-state index in [4.69, 9.17) is 16.3 Å². The Kier molecular flexibility index (Phi) is 6.68. The largest absolute Gasteiger partial charge is 0.474 e. The lowest BCUT2D eigenvalue weighted by Crippen LogP contribution is -2.47. The molecule has 0 atom stereocenters. The minimum absolute atomic E-state index is 0.0140. The fraction of sp³-hybridized carbons (Fsp3) is 0.222. The Hall–Kier alpha value is -3.84. The quantitative estimate of drug-likeness (QED) is 0.417. The van der Waals surface area contributed by atoms with E-state index in [0.717, 1.165) is 10.9 Å². The number of carbonyl (C=O) groups is 2. The first-order valence-corrected chi connectivity index (χ1v) is 12.0. The zero-order valence-corrected chi connectivity index (χ0v) is 19.8. The first-order chi connectivity index (χ1) is 17.1. The van der Waals surface area contributed by atoms with Crippen LogP contribution in [0.1, 0.15) is 23.2 Å². The van der Waals surface area contributed by atoms with E-state index >= 15 is 0 Å². The summed E-state index contributed by atoms with van der Waals surface area (Å²) in [7, 11) is 0. The third-order valence-corrected chi connectivity index (χ3v) is 6.52. The van der Waals surface area contributed by atoms with Crippen LogP contribution in [0.2, 0.25) is 5.02 Å². The maximum absolute atomic E-state index is 13.6. The molecule has 2 amide bonds. The summed E-state index contributed by atoms with van der Waals surface area (Å²) in [5.41, 5.74) is 1.93. The number of piperidine rings is 1. The highest BCUT2D eigenvalue weighted by Gasteiger charge is 2.28.